The molecule has 0 aromatic heterocycles. The molecule has 0 amide bonds. The minimum absolute atomic E-state index is 0.569. The number of allylic oxidation sites excluding steroid dienone is 3. The van der Waals surface area contributed by atoms with Crippen LogP contribution < -0.4 is 4.72 Å². The maximum absolute atomic E-state index is 5.79. The minimum Gasteiger partial charge on any atom is -0.316 e. The molecule has 0 aromatic carbocycles. The van der Waals surface area contributed by atoms with Crippen molar-refractivity contribution in [3.8, 4) is 0 Å². The normalized spacial score (nSPS) is 21.6. The Hall–Kier alpha value is -0.250. The first-order valence-corrected chi connectivity index (χ1v) is 4.47. The Morgan fingerprint density at radius 2 is 2.18 bits per heavy atom. The number of hydrogen-bond acceptors (Lipinski definition) is 3. The lowest BCUT2D eigenvalue weighted by atomic mass is 10.3. The molecule has 0 fully saturated rings. The van der Waals surface area contributed by atoms with Crippen molar-refractivity contribution in [3.63, 3.8) is 0 Å². The average Bonchev–Trinajstić information content (AvgIpc) is 2.36. The molecule has 0 atom stereocenters. The molecule has 0 aromatic rings. The highest BCUT2D eigenvalue weighted by atomic mass is 35.5. The number of fused-ring (bicyclic) bond motifs is 1. The lowest BCUT2D eigenvalue weighted by molar-refractivity contribution is 0.802. The van der Waals surface area contributed by atoms with Gasteiger partial charge < -0.3 is 4.72 Å². The summed E-state index contributed by atoms with van der Waals surface area (Å²) in [4.78, 5) is 0. The summed E-state index contributed by atoms with van der Waals surface area (Å²) in [5.74, 6) is 0. The van der Waals surface area contributed by atoms with E-state index in [2.05, 4.69) is 4.72 Å². The zero-order valence-electron chi connectivity index (χ0n) is 5.34. The van der Waals surface area contributed by atoms with E-state index in [1.807, 2.05) is 16.6 Å². The van der Waals surface area contributed by atoms with E-state index in [1.54, 1.807) is 6.20 Å². The van der Waals surface area contributed by atoms with Crippen LogP contribution in [0.15, 0.2) is 34.2 Å². The summed E-state index contributed by atoms with van der Waals surface area (Å²) in [6, 6.07) is 0. The van der Waals surface area contributed by atoms with E-state index in [4.69, 9.17) is 23.2 Å². The van der Waals surface area contributed by atoms with Gasteiger partial charge in [-0.2, -0.15) is 0 Å². The van der Waals surface area contributed by atoms with E-state index in [1.165, 1.54) is 12.1 Å². The molecule has 1 N–H and O–H groups in total. The summed E-state index contributed by atoms with van der Waals surface area (Å²) in [5.41, 5.74) is 1.02. The van der Waals surface area contributed by atoms with Gasteiger partial charge in [0, 0.05) is 12.4 Å². The van der Waals surface area contributed by atoms with Crippen LogP contribution in [0.5, 0.6) is 0 Å². The standard InChI is InChI=1S/C6H4Cl2N2S/c7-5-1-4-2-9-11-10(4)3-6(5)8/h1-3,9H. The van der Waals surface area contributed by atoms with Crippen molar-refractivity contribution in [1.29, 1.82) is 0 Å². The second kappa shape index (κ2) is 2.66. The van der Waals surface area contributed by atoms with Crippen molar-refractivity contribution in [2.45, 2.75) is 0 Å². The molecule has 2 nitrogen and oxygen atoms in total. The van der Waals surface area contributed by atoms with Crippen LogP contribution >= 0.6 is 35.3 Å². The van der Waals surface area contributed by atoms with Gasteiger partial charge in [0.25, 0.3) is 0 Å². The van der Waals surface area contributed by atoms with E-state index in [0.717, 1.165) is 5.70 Å². The predicted octanol–water partition coefficient (Wildman–Crippen LogP) is 2.51. The van der Waals surface area contributed by atoms with Crippen molar-refractivity contribution in [2.24, 2.45) is 0 Å². The molecule has 2 aliphatic heterocycles. The SMILES string of the molecule is ClC1=CC2=CNSN2C=C1Cl. The molecule has 0 saturated carbocycles. The molecule has 0 radical (unpaired) electrons. The highest BCUT2D eigenvalue weighted by Gasteiger charge is 2.18. The molecule has 0 saturated heterocycles. The number of rotatable bonds is 0. The molecule has 2 rings (SSSR count). The number of halogens is 2. The second-order valence-electron chi connectivity index (χ2n) is 2.07. The summed E-state index contributed by atoms with van der Waals surface area (Å²) in [5, 5.41) is 1.15. The largest absolute Gasteiger partial charge is 0.316 e. The number of nitrogens with one attached hydrogen (secondary N) is 1. The van der Waals surface area contributed by atoms with E-state index in [-0.39, 0.29) is 0 Å². The summed E-state index contributed by atoms with van der Waals surface area (Å²) in [6.07, 6.45) is 5.46. The van der Waals surface area contributed by atoms with Crippen LogP contribution in [-0.4, -0.2) is 4.31 Å². The van der Waals surface area contributed by atoms with Gasteiger partial charge in [-0.05, 0) is 6.08 Å². The molecule has 0 bridgehead atoms. The van der Waals surface area contributed by atoms with Crippen LogP contribution in [0.25, 0.3) is 0 Å². The zero-order chi connectivity index (χ0) is 7.84. The molecule has 11 heavy (non-hydrogen) atoms. The van der Waals surface area contributed by atoms with Gasteiger partial charge in [0.1, 0.15) is 0 Å². The van der Waals surface area contributed by atoms with E-state index >= 15 is 0 Å². The minimum atomic E-state index is 0.569. The highest BCUT2D eigenvalue weighted by molar-refractivity contribution is 7.95. The first-order valence-electron chi connectivity index (χ1n) is 2.94. The third-order valence-electron chi connectivity index (χ3n) is 1.35. The first kappa shape index (κ1) is 7.40. The Bertz CT molecular complexity index is 282. The van der Waals surface area contributed by atoms with E-state index in [0.29, 0.717) is 10.1 Å². The Kier molecular flexibility index (Phi) is 1.79. The van der Waals surface area contributed by atoms with Gasteiger partial charge in [-0.15, -0.1) is 0 Å². The van der Waals surface area contributed by atoms with Gasteiger partial charge in [0.15, 0.2) is 0 Å². The molecule has 58 valence electrons. The predicted molar refractivity (Wildman–Crippen MR) is 48.5 cm³/mol. The first-order chi connectivity index (χ1) is 5.27. The average molecular weight is 207 g/mol. The quantitative estimate of drug-likeness (QED) is 0.614. The second-order valence-corrected chi connectivity index (χ2v) is 3.70. The fraction of sp³-hybridized carbons (Fsp3) is 0. The zero-order valence-corrected chi connectivity index (χ0v) is 7.67. The van der Waals surface area contributed by atoms with Crippen molar-refractivity contribution in [2.75, 3.05) is 0 Å². The van der Waals surface area contributed by atoms with Crippen LogP contribution in [0, 0.1) is 0 Å². The van der Waals surface area contributed by atoms with E-state index in [9.17, 15) is 0 Å². The molecular formula is C6H4Cl2N2S. The number of hydrogen-bond donors (Lipinski definition) is 1. The van der Waals surface area contributed by atoms with Crippen molar-refractivity contribution in [1.82, 2.24) is 9.03 Å². The Morgan fingerprint density at radius 1 is 1.36 bits per heavy atom. The lowest BCUT2D eigenvalue weighted by Crippen LogP contribution is -2.06. The lowest BCUT2D eigenvalue weighted by Gasteiger charge is -2.16. The maximum atomic E-state index is 5.79. The fourth-order valence-corrected chi connectivity index (χ4v) is 1.86. The van der Waals surface area contributed by atoms with Gasteiger partial charge >= 0.3 is 0 Å². The Morgan fingerprint density at radius 3 is 3.00 bits per heavy atom. The third kappa shape index (κ3) is 1.24. The summed E-state index contributed by atoms with van der Waals surface area (Å²) >= 11 is 13.0. The molecular weight excluding hydrogens is 203 g/mol. The van der Waals surface area contributed by atoms with Crippen LogP contribution in [0.3, 0.4) is 0 Å². The fourth-order valence-electron chi connectivity index (χ4n) is 0.829. The van der Waals surface area contributed by atoms with Crippen molar-refractivity contribution >= 4 is 35.3 Å². The Balaban J connectivity index is 2.37. The highest BCUT2D eigenvalue weighted by Crippen LogP contribution is 2.33. The maximum Gasteiger partial charge on any atom is 0.0765 e. The summed E-state index contributed by atoms with van der Waals surface area (Å²) in [6.45, 7) is 0. The molecule has 0 spiro atoms. The van der Waals surface area contributed by atoms with Crippen LogP contribution in [0.4, 0.5) is 0 Å². The molecule has 0 aliphatic carbocycles. The molecule has 2 heterocycles. The van der Waals surface area contributed by atoms with Gasteiger partial charge in [0.2, 0.25) is 0 Å². The van der Waals surface area contributed by atoms with Crippen molar-refractivity contribution < 1.29 is 0 Å². The summed E-state index contributed by atoms with van der Waals surface area (Å²) in [7, 11) is 0. The number of nitrogens with zero attached hydrogens (tertiary/aromatic N) is 1. The van der Waals surface area contributed by atoms with E-state index < -0.39 is 0 Å². The van der Waals surface area contributed by atoms with Crippen LogP contribution in [-0.2, 0) is 0 Å². The molecule has 5 heteroatoms. The van der Waals surface area contributed by atoms with Crippen LogP contribution in [0.2, 0.25) is 0 Å². The third-order valence-corrected chi connectivity index (χ3v) is 2.79. The van der Waals surface area contributed by atoms with Crippen molar-refractivity contribution in [3.05, 3.63) is 34.2 Å². The smallest absolute Gasteiger partial charge is 0.0765 e. The Labute approximate surface area is 78.8 Å². The van der Waals surface area contributed by atoms with Gasteiger partial charge in [-0.3, -0.25) is 4.31 Å². The monoisotopic (exact) mass is 206 g/mol. The summed E-state index contributed by atoms with van der Waals surface area (Å²) < 4.78 is 4.89. The topological polar surface area (TPSA) is 15.3 Å². The van der Waals surface area contributed by atoms with Crippen LogP contribution in [0.1, 0.15) is 0 Å². The van der Waals surface area contributed by atoms with Gasteiger partial charge in [0.05, 0.1) is 27.9 Å². The molecule has 2 aliphatic rings. The molecule has 0 unspecified atom stereocenters. The van der Waals surface area contributed by atoms with Gasteiger partial charge in [-0.25, -0.2) is 0 Å². The van der Waals surface area contributed by atoms with Gasteiger partial charge in [-0.1, -0.05) is 23.2 Å².